The highest BCUT2D eigenvalue weighted by molar-refractivity contribution is 6.32. The Balaban J connectivity index is 1.71. The molecule has 1 aromatic rings. The van der Waals surface area contributed by atoms with Gasteiger partial charge in [-0.3, -0.25) is 0 Å². The zero-order valence-electron chi connectivity index (χ0n) is 7.57. The fraction of sp³-hybridized carbons (Fsp3) is 0.556. The third kappa shape index (κ3) is 1.26. The minimum Gasteiger partial charge on any atom is -0.365 e. The summed E-state index contributed by atoms with van der Waals surface area (Å²) in [5, 5.41) is 7.31. The molecule has 0 radical (unpaired) electrons. The van der Waals surface area contributed by atoms with E-state index in [0.717, 1.165) is 30.7 Å². The molecule has 3 rings (SSSR count). The molecule has 5 heteroatoms. The Labute approximate surface area is 87.1 Å². The van der Waals surface area contributed by atoms with Crippen molar-refractivity contribution in [2.24, 2.45) is 11.8 Å². The third-order valence-electron chi connectivity index (χ3n) is 3.06. The second-order valence-electron chi connectivity index (χ2n) is 3.88. The lowest BCUT2D eigenvalue weighted by atomic mass is 10.4. The number of halogens is 1. The monoisotopic (exact) mass is 210 g/mol. The fourth-order valence-corrected chi connectivity index (χ4v) is 2.37. The first kappa shape index (κ1) is 8.44. The molecule has 2 atom stereocenters. The second-order valence-corrected chi connectivity index (χ2v) is 4.28. The highest BCUT2D eigenvalue weighted by atomic mass is 35.5. The molecule has 2 fully saturated rings. The average Bonchev–Trinajstić information content (AvgIpc) is 2.64. The van der Waals surface area contributed by atoms with Gasteiger partial charge in [-0.15, -0.1) is 0 Å². The van der Waals surface area contributed by atoms with Gasteiger partial charge in [0.1, 0.15) is 17.2 Å². The maximum absolute atomic E-state index is 5.95. The van der Waals surface area contributed by atoms with E-state index < -0.39 is 0 Å². The molecule has 0 amide bonds. The molecule has 2 unspecified atom stereocenters. The van der Waals surface area contributed by atoms with Crippen LogP contribution in [0.5, 0.6) is 0 Å². The van der Waals surface area contributed by atoms with Crippen molar-refractivity contribution < 1.29 is 0 Å². The number of anilines is 1. The van der Waals surface area contributed by atoms with Crippen LogP contribution in [-0.4, -0.2) is 29.1 Å². The molecule has 2 N–H and O–H groups in total. The summed E-state index contributed by atoms with van der Waals surface area (Å²) in [5.41, 5.74) is 0. The molecule has 0 aromatic carbocycles. The Bertz CT molecular complexity index is 346. The molecule has 0 bridgehead atoms. The van der Waals surface area contributed by atoms with Crippen LogP contribution >= 0.6 is 11.6 Å². The van der Waals surface area contributed by atoms with Gasteiger partial charge in [0.15, 0.2) is 0 Å². The van der Waals surface area contributed by atoms with E-state index in [1.54, 1.807) is 6.20 Å². The number of piperidine rings is 1. The van der Waals surface area contributed by atoms with E-state index in [1.165, 1.54) is 6.33 Å². The molecular weight excluding hydrogens is 200 g/mol. The minimum atomic E-state index is 0.559. The van der Waals surface area contributed by atoms with Crippen LogP contribution in [0.15, 0.2) is 12.5 Å². The number of rotatable bonds is 2. The molecule has 1 saturated heterocycles. The predicted octanol–water partition coefficient (Wildman–Crippen LogP) is 0.760. The Morgan fingerprint density at radius 1 is 1.43 bits per heavy atom. The van der Waals surface area contributed by atoms with E-state index in [2.05, 4.69) is 20.6 Å². The van der Waals surface area contributed by atoms with Crippen LogP contribution in [0.4, 0.5) is 5.82 Å². The Morgan fingerprint density at radius 3 is 2.93 bits per heavy atom. The summed E-state index contributed by atoms with van der Waals surface area (Å²) < 4.78 is 0. The molecule has 1 aliphatic carbocycles. The van der Waals surface area contributed by atoms with Gasteiger partial charge in [-0.05, 0) is 11.8 Å². The lowest BCUT2D eigenvalue weighted by molar-refractivity contribution is 0.695. The number of nitrogens with zero attached hydrogens (tertiary/aromatic N) is 2. The molecule has 1 aromatic heterocycles. The van der Waals surface area contributed by atoms with E-state index in [9.17, 15) is 0 Å². The lowest BCUT2D eigenvalue weighted by Gasteiger charge is -2.08. The first-order valence-corrected chi connectivity index (χ1v) is 5.17. The van der Waals surface area contributed by atoms with Crippen LogP contribution in [0.2, 0.25) is 5.02 Å². The topological polar surface area (TPSA) is 49.8 Å². The van der Waals surface area contributed by atoms with Crippen LogP contribution in [-0.2, 0) is 0 Å². The van der Waals surface area contributed by atoms with Crippen molar-refractivity contribution in [1.82, 2.24) is 15.3 Å². The number of hydrogen-bond donors (Lipinski definition) is 2. The summed E-state index contributed by atoms with van der Waals surface area (Å²) in [4.78, 5) is 7.96. The molecule has 74 valence electrons. The molecule has 14 heavy (non-hydrogen) atoms. The van der Waals surface area contributed by atoms with Gasteiger partial charge in [0.25, 0.3) is 0 Å². The normalized spacial score (nSPS) is 33.9. The van der Waals surface area contributed by atoms with Crippen LogP contribution in [0.25, 0.3) is 0 Å². The highest BCUT2D eigenvalue weighted by Gasteiger charge is 2.53. The minimum absolute atomic E-state index is 0.559. The van der Waals surface area contributed by atoms with Crippen LogP contribution in [0.3, 0.4) is 0 Å². The van der Waals surface area contributed by atoms with Crippen molar-refractivity contribution in [2.75, 3.05) is 18.4 Å². The van der Waals surface area contributed by atoms with Gasteiger partial charge in [-0.25, -0.2) is 9.97 Å². The molecule has 4 nitrogen and oxygen atoms in total. The Morgan fingerprint density at radius 2 is 2.21 bits per heavy atom. The zero-order chi connectivity index (χ0) is 9.54. The number of aromatic nitrogens is 2. The summed E-state index contributed by atoms with van der Waals surface area (Å²) >= 11 is 5.95. The molecule has 2 aliphatic rings. The largest absolute Gasteiger partial charge is 0.365 e. The fourth-order valence-electron chi connectivity index (χ4n) is 2.21. The molecule has 1 saturated carbocycles. The quantitative estimate of drug-likeness (QED) is 0.757. The van der Waals surface area contributed by atoms with Crippen molar-refractivity contribution in [3.8, 4) is 0 Å². The molecule has 0 spiro atoms. The third-order valence-corrected chi connectivity index (χ3v) is 3.34. The predicted molar refractivity (Wildman–Crippen MR) is 54.3 cm³/mol. The molecule has 2 heterocycles. The van der Waals surface area contributed by atoms with E-state index in [0.29, 0.717) is 11.1 Å². The summed E-state index contributed by atoms with van der Waals surface area (Å²) in [6, 6.07) is 0.559. The van der Waals surface area contributed by atoms with Gasteiger partial charge in [-0.2, -0.15) is 0 Å². The van der Waals surface area contributed by atoms with Crippen LogP contribution in [0.1, 0.15) is 0 Å². The standard InChI is InChI=1S/C9H11ClN4/c10-7-3-12-4-13-9(7)14-8-5-1-11-2-6(5)8/h3-6,8,11H,1-2H2,(H,12,13,14). The van der Waals surface area contributed by atoms with E-state index in [-0.39, 0.29) is 0 Å². The van der Waals surface area contributed by atoms with Crippen molar-refractivity contribution in [1.29, 1.82) is 0 Å². The van der Waals surface area contributed by atoms with E-state index in [1.807, 2.05) is 0 Å². The maximum Gasteiger partial charge on any atom is 0.148 e. The highest BCUT2D eigenvalue weighted by Crippen LogP contribution is 2.43. The Kier molecular flexibility index (Phi) is 1.85. The number of fused-ring (bicyclic) bond motifs is 1. The Hall–Kier alpha value is -0.870. The number of hydrogen-bond acceptors (Lipinski definition) is 4. The first-order chi connectivity index (χ1) is 6.86. The molecular formula is C9H11ClN4. The van der Waals surface area contributed by atoms with Crippen LogP contribution in [0, 0.1) is 11.8 Å². The summed E-state index contributed by atoms with van der Waals surface area (Å²) in [6.07, 6.45) is 3.14. The second kappa shape index (κ2) is 3.07. The van der Waals surface area contributed by atoms with Gasteiger partial charge in [0.2, 0.25) is 0 Å². The maximum atomic E-state index is 5.95. The van der Waals surface area contributed by atoms with E-state index in [4.69, 9.17) is 11.6 Å². The van der Waals surface area contributed by atoms with Crippen molar-refractivity contribution >= 4 is 17.4 Å². The summed E-state index contributed by atoms with van der Waals surface area (Å²) in [6.45, 7) is 2.23. The lowest BCUT2D eigenvalue weighted by Crippen LogP contribution is -2.21. The van der Waals surface area contributed by atoms with Crippen molar-refractivity contribution in [3.63, 3.8) is 0 Å². The average molecular weight is 211 g/mol. The number of nitrogens with one attached hydrogen (secondary N) is 2. The van der Waals surface area contributed by atoms with E-state index >= 15 is 0 Å². The van der Waals surface area contributed by atoms with Crippen LogP contribution < -0.4 is 10.6 Å². The first-order valence-electron chi connectivity index (χ1n) is 4.79. The van der Waals surface area contributed by atoms with Crippen molar-refractivity contribution in [3.05, 3.63) is 17.5 Å². The zero-order valence-corrected chi connectivity index (χ0v) is 8.33. The van der Waals surface area contributed by atoms with Gasteiger partial charge in [-0.1, -0.05) is 11.6 Å². The van der Waals surface area contributed by atoms with Crippen molar-refractivity contribution in [2.45, 2.75) is 6.04 Å². The van der Waals surface area contributed by atoms with Gasteiger partial charge >= 0.3 is 0 Å². The van der Waals surface area contributed by atoms with Gasteiger partial charge in [0.05, 0.1) is 6.20 Å². The SMILES string of the molecule is Clc1cncnc1NC1C2CNCC21. The van der Waals surface area contributed by atoms with Gasteiger partial charge in [0, 0.05) is 19.1 Å². The molecule has 1 aliphatic heterocycles. The van der Waals surface area contributed by atoms with Gasteiger partial charge < -0.3 is 10.6 Å². The summed E-state index contributed by atoms with van der Waals surface area (Å²) in [7, 11) is 0. The smallest absolute Gasteiger partial charge is 0.148 e. The summed E-state index contributed by atoms with van der Waals surface area (Å²) in [5.74, 6) is 2.29.